The van der Waals surface area contributed by atoms with E-state index >= 15 is 0 Å². The third kappa shape index (κ3) is 6.21. The molecule has 0 saturated carbocycles. The molecular weight excluding hydrogens is 360 g/mol. The predicted molar refractivity (Wildman–Crippen MR) is 82.5 cm³/mol. The summed E-state index contributed by atoms with van der Waals surface area (Å²) in [6, 6.07) is 6.09. The molecule has 1 aromatic rings. The number of alkyl halides is 1. The van der Waals surface area contributed by atoms with Crippen molar-refractivity contribution in [3.8, 4) is 5.75 Å². The van der Waals surface area contributed by atoms with Crippen LogP contribution < -0.4 is 4.74 Å². The Morgan fingerprint density at radius 1 is 1.17 bits per heavy atom. The summed E-state index contributed by atoms with van der Waals surface area (Å²) in [7, 11) is 0. The van der Waals surface area contributed by atoms with Gasteiger partial charge in [-0.3, -0.25) is 0 Å². The molecule has 0 aliphatic carbocycles. The van der Waals surface area contributed by atoms with Crippen molar-refractivity contribution in [2.24, 2.45) is 5.92 Å². The first-order chi connectivity index (χ1) is 8.63. The second-order valence-corrected chi connectivity index (χ2v) is 5.96. The quantitative estimate of drug-likeness (QED) is 0.477. The minimum Gasteiger partial charge on any atom is -0.490 e. The molecule has 102 valence electrons. The first-order valence-electron chi connectivity index (χ1n) is 6.18. The Balaban J connectivity index is 2.23. The van der Waals surface area contributed by atoms with Crippen LogP contribution in [0.25, 0.3) is 0 Å². The molecule has 0 radical (unpaired) electrons. The van der Waals surface area contributed by atoms with Crippen LogP contribution in [0.3, 0.4) is 0 Å². The van der Waals surface area contributed by atoms with E-state index in [1.54, 1.807) is 0 Å². The van der Waals surface area contributed by atoms with E-state index in [9.17, 15) is 0 Å². The lowest BCUT2D eigenvalue weighted by Gasteiger charge is -2.10. The Hall–Kier alpha value is -0.0600. The maximum absolute atomic E-state index is 5.66. The highest BCUT2D eigenvalue weighted by Crippen LogP contribution is 2.26. The van der Waals surface area contributed by atoms with E-state index in [1.165, 1.54) is 5.56 Å². The zero-order valence-electron chi connectivity index (χ0n) is 10.9. The molecular formula is C14H20Br2O2. The number of hydrogen-bond donors (Lipinski definition) is 0. The zero-order valence-corrected chi connectivity index (χ0v) is 14.1. The lowest BCUT2D eigenvalue weighted by atomic mass is 10.1. The van der Waals surface area contributed by atoms with Crippen molar-refractivity contribution in [2.45, 2.75) is 25.6 Å². The largest absolute Gasteiger partial charge is 0.490 e. The van der Waals surface area contributed by atoms with E-state index in [1.807, 2.05) is 6.07 Å². The highest BCUT2D eigenvalue weighted by Gasteiger charge is 2.02. The highest BCUT2D eigenvalue weighted by molar-refractivity contribution is 9.10. The Morgan fingerprint density at radius 3 is 2.56 bits per heavy atom. The molecule has 0 heterocycles. The second kappa shape index (κ2) is 8.94. The summed E-state index contributed by atoms with van der Waals surface area (Å²) in [5.74, 6) is 1.56. The first kappa shape index (κ1) is 16.0. The van der Waals surface area contributed by atoms with Gasteiger partial charge in [0.2, 0.25) is 0 Å². The molecule has 0 bridgehead atoms. The summed E-state index contributed by atoms with van der Waals surface area (Å²) in [5.41, 5.74) is 1.22. The van der Waals surface area contributed by atoms with Gasteiger partial charge in [-0.05, 0) is 46.0 Å². The summed E-state index contributed by atoms with van der Waals surface area (Å²) >= 11 is 6.93. The molecule has 1 aromatic carbocycles. The topological polar surface area (TPSA) is 18.5 Å². The van der Waals surface area contributed by atoms with Crippen LogP contribution in [0.1, 0.15) is 25.8 Å². The van der Waals surface area contributed by atoms with Gasteiger partial charge >= 0.3 is 0 Å². The zero-order chi connectivity index (χ0) is 13.4. The minimum atomic E-state index is 0.588. The van der Waals surface area contributed by atoms with E-state index in [4.69, 9.17) is 9.47 Å². The molecule has 0 fully saturated rings. The van der Waals surface area contributed by atoms with Gasteiger partial charge in [0, 0.05) is 11.9 Å². The highest BCUT2D eigenvalue weighted by atomic mass is 79.9. The number of halogens is 2. The maximum Gasteiger partial charge on any atom is 0.133 e. The Kier molecular flexibility index (Phi) is 7.95. The van der Waals surface area contributed by atoms with Crippen molar-refractivity contribution < 1.29 is 9.47 Å². The lowest BCUT2D eigenvalue weighted by molar-refractivity contribution is 0.0923. The summed E-state index contributed by atoms with van der Waals surface area (Å²) in [6.07, 6.45) is 1.10. The van der Waals surface area contributed by atoms with E-state index in [0.29, 0.717) is 19.1 Å². The van der Waals surface area contributed by atoms with Crippen LogP contribution in [0.4, 0.5) is 0 Å². The van der Waals surface area contributed by atoms with E-state index in [2.05, 4.69) is 57.8 Å². The third-order valence-corrected chi connectivity index (χ3v) is 3.74. The van der Waals surface area contributed by atoms with Gasteiger partial charge in [0.25, 0.3) is 0 Å². The summed E-state index contributed by atoms with van der Waals surface area (Å²) in [5, 5.41) is 0.851. The van der Waals surface area contributed by atoms with Gasteiger partial charge < -0.3 is 9.47 Å². The van der Waals surface area contributed by atoms with Gasteiger partial charge in [-0.2, -0.15) is 0 Å². The molecule has 0 saturated heterocycles. The molecule has 2 nitrogen and oxygen atoms in total. The normalized spacial score (nSPS) is 10.9. The fourth-order valence-electron chi connectivity index (χ4n) is 1.38. The van der Waals surface area contributed by atoms with Crippen molar-refractivity contribution in [3.63, 3.8) is 0 Å². The fourth-order valence-corrected chi connectivity index (χ4v) is 2.27. The average molecular weight is 380 g/mol. The van der Waals surface area contributed by atoms with Crippen molar-refractivity contribution in [1.82, 2.24) is 0 Å². The predicted octanol–water partition coefficient (Wildman–Crippen LogP) is 4.79. The van der Waals surface area contributed by atoms with E-state index in [0.717, 1.165) is 28.6 Å². The number of hydrogen-bond acceptors (Lipinski definition) is 2. The lowest BCUT2D eigenvalue weighted by Crippen LogP contribution is -2.08. The van der Waals surface area contributed by atoms with Crippen molar-refractivity contribution in [3.05, 3.63) is 28.2 Å². The summed E-state index contributed by atoms with van der Waals surface area (Å²) < 4.78 is 12.1. The molecule has 4 heteroatoms. The van der Waals surface area contributed by atoms with E-state index < -0.39 is 0 Å². The van der Waals surface area contributed by atoms with Gasteiger partial charge in [-0.25, -0.2) is 0 Å². The van der Waals surface area contributed by atoms with Crippen LogP contribution in [0, 0.1) is 5.92 Å². The standard InChI is InChI=1S/C14H20Br2O2/c1-11(2)5-6-17-7-8-18-14-4-3-12(10-15)9-13(14)16/h3-4,9,11H,5-8,10H2,1-2H3. The molecule has 0 aliphatic rings. The number of ether oxygens (including phenoxy) is 2. The second-order valence-electron chi connectivity index (χ2n) is 4.54. The van der Waals surface area contributed by atoms with Crippen LogP contribution in [0.2, 0.25) is 0 Å². The first-order valence-corrected chi connectivity index (χ1v) is 8.10. The fraction of sp³-hybridized carbons (Fsp3) is 0.571. The van der Waals surface area contributed by atoms with Crippen molar-refractivity contribution >= 4 is 31.9 Å². The SMILES string of the molecule is CC(C)CCOCCOc1ccc(CBr)cc1Br. The molecule has 0 unspecified atom stereocenters. The Labute approximate surface area is 126 Å². The van der Waals surface area contributed by atoms with Gasteiger partial charge in [-0.1, -0.05) is 35.8 Å². The minimum absolute atomic E-state index is 0.588. The van der Waals surface area contributed by atoms with Crippen LogP contribution >= 0.6 is 31.9 Å². The molecule has 0 amide bonds. The molecule has 1 rings (SSSR count). The maximum atomic E-state index is 5.66. The van der Waals surface area contributed by atoms with Crippen molar-refractivity contribution in [2.75, 3.05) is 19.8 Å². The Morgan fingerprint density at radius 2 is 1.94 bits per heavy atom. The third-order valence-electron chi connectivity index (χ3n) is 2.48. The number of rotatable bonds is 8. The Bertz CT molecular complexity index is 354. The van der Waals surface area contributed by atoms with Crippen LogP contribution in [-0.2, 0) is 10.1 Å². The summed E-state index contributed by atoms with van der Waals surface area (Å²) in [6.45, 7) is 6.43. The molecule has 0 aliphatic heterocycles. The smallest absolute Gasteiger partial charge is 0.133 e. The molecule has 0 spiro atoms. The molecule has 0 aromatic heterocycles. The van der Waals surface area contributed by atoms with Gasteiger partial charge in [0.1, 0.15) is 12.4 Å². The van der Waals surface area contributed by atoms with Gasteiger partial charge in [-0.15, -0.1) is 0 Å². The molecule has 0 atom stereocenters. The monoisotopic (exact) mass is 378 g/mol. The van der Waals surface area contributed by atoms with E-state index in [-0.39, 0.29) is 0 Å². The van der Waals surface area contributed by atoms with Gasteiger partial charge in [0.15, 0.2) is 0 Å². The van der Waals surface area contributed by atoms with Crippen LogP contribution in [0.15, 0.2) is 22.7 Å². The molecule has 0 N–H and O–H groups in total. The number of benzene rings is 1. The summed E-state index contributed by atoms with van der Waals surface area (Å²) in [4.78, 5) is 0. The van der Waals surface area contributed by atoms with Gasteiger partial charge in [0.05, 0.1) is 11.1 Å². The van der Waals surface area contributed by atoms with Crippen molar-refractivity contribution in [1.29, 1.82) is 0 Å². The molecule has 18 heavy (non-hydrogen) atoms. The van der Waals surface area contributed by atoms with Crippen LogP contribution in [0.5, 0.6) is 5.75 Å². The van der Waals surface area contributed by atoms with Crippen LogP contribution in [-0.4, -0.2) is 19.8 Å². The average Bonchev–Trinajstić information content (AvgIpc) is 2.34.